The molecule has 0 amide bonds. The summed E-state index contributed by atoms with van der Waals surface area (Å²) in [6, 6.07) is 5.35. The van der Waals surface area contributed by atoms with E-state index in [1.54, 1.807) is 19.1 Å². The van der Waals surface area contributed by atoms with E-state index in [4.69, 9.17) is 15.6 Å². The Hall–Kier alpha value is -1.62. The maximum Gasteiger partial charge on any atom is 0.306 e. The minimum atomic E-state index is -1.49. The van der Waals surface area contributed by atoms with Gasteiger partial charge >= 0.3 is 5.97 Å². The summed E-state index contributed by atoms with van der Waals surface area (Å²) in [5.41, 5.74) is 6.80. The topological polar surface area (TPSA) is 72.5 Å². The minimum absolute atomic E-state index is 0.0387. The minimum Gasteiger partial charge on any atom is -0.492 e. The molecule has 1 unspecified atom stereocenters. The van der Waals surface area contributed by atoms with E-state index in [2.05, 4.69) is 0 Å². The Morgan fingerprint density at radius 3 is 2.73 bits per heavy atom. The van der Waals surface area contributed by atoms with Gasteiger partial charge in [0, 0.05) is 16.5 Å². The molecule has 1 fully saturated rings. The number of ether oxygens (including phenoxy) is 1. The highest BCUT2D eigenvalue weighted by atomic mass is 19.1. The summed E-state index contributed by atoms with van der Waals surface area (Å²) in [6.07, 6.45) is 2.13. The van der Waals surface area contributed by atoms with Crippen LogP contribution in [0, 0.1) is 11.8 Å². The Morgan fingerprint density at radius 2 is 2.14 bits per heavy atom. The van der Waals surface area contributed by atoms with Crippen molar-refractivity contribution in [1.82, 2.24) is 0 Å². The van der Waals surface area contributed by atoms with Gasteiger partial charge in [-0.15, -0.1) is 0 Å². The van der Waals surface area contributed by atoms with Crippen molar-refractivity contribution in [2.45, 2.75) is 44.3 Å². The van der Waals surface area contributed by atoms with E-state index in [-0.39, 0.29) is 17.3 Å². The van der Waals surface area contributed by atoms with Gasteiger partial charge < -0.3 is 9.84 Å². The molecule has 22 heavy (non-hydrogen) atoms. The van der Waals surface area contributed by atoms with Crippen LogP contribution in [0.25, 0.3) is 0 Å². The summed E-state index contributed by atoms with van der Waals surface area (Å²) in [5, 5.41) is 9.16. The molecule has 2 aliphatic rings. The van der Waals surface area contributed by atoms with Gasteiger partial charge in [0.15, 0.2) is 6.30 Å². The van der Waals surface area contributed by atoms with E-state index in [1.165, 1.54) is 0 Å². The van der Waals surface area contributed by atoms with Gasteiger partial charge in [0.1, 0.15) is 5.75 Å². The first-order valence-electron chi connectivity index (χ1n) is 7.83. The average Bonchev–Trinajstić information content (AvgIpc) is 2.85. The number of carboxylic acids is 1. The van der Waals surface area contributed by atoms with Crippen molar-refractivity contribution in [3.63, 3.8) is 0 Å². The largest absolute Gasteiger partial charge is 0.492 e. The number of halogens is 1. The summed E-state index contributed by atoms with van der Waals surface area (Å²) in [5.74, 6) is -0.0577. The summed E-state index contributed by atoms with van der Waals surface area (Å²) >= 11 is 0. The van der Waals surface area contributed by atoms with Crippen molar-refractivity contribution in [3.05, 3.63) is 29.3 Å². The number of alkyl halides is 1. The van der Waals surface area contributed by atoms with Crippen molar-refractivity contribution in [1.29, 1.82) is 0 Å². The first-order chi connectivity index (χ1) is 10.4. The number of rotatable bonds is 3. The molecule has 1 aliphatic carbocycles. The maximum atomic E-state index is 13.2. The zero-order valence-corrected chi connectivity index (χ0v) is 12.7. The Bertz CT molecular complexity index is 579. The van der Waals surface area contributed by atoms with Gasteiger partial charge in [-0.1, -0.05) is 19.1 Å². The first-order valence-corrected chi connectivity index (χ1v) is 7.83. The summed E-state index contributed by atoms with van der Waals surface area (Å²) in [7, 11) is 0. The Kier molecular flexibility index (Phi) is 3.85. The number of fused-ring (bicyclic) bond motifs is 2. The van der Waals surface area contributed by atoms with Crippen molar-refractivity contribution in [2.24, 2.45) is 17.6 Å². The fourth-order valence-electron chi connectivity index (χ4n) is 3.87. The number of carbonyl (C=O) groups is 1. The number of hydrogen-bond acceptors (Lipinski definition) is 3. The number of nitrogens with two attached hydrogens (primary N) is 1. The van der Waals surface area contributed by atoms with Gasteiger partial charge in [-0.2, -0.15) is 0 Å². The van der Waals surface area contributed by atoms with E-state index >= 15 is 0 Å². The molecule has 1 aliphatic heterocycles. The molecule has 1 heterocycles. The number of carboxylic acid groups (broad SMARTS) is 1. The molecule has 4 nitrogen and oxygen atoms in total. The van der Waals surface area contributed by atoms with Crippen LogP contribution in [0.2, 0.25) is 0 Å². The zero-order chi connectivity index (χ0) is 15.9. The molecule has 3 rings (SSSR count). The van der Waals surface area contributed by atoms with Crippen molar-refractivity contribution in [3.8, 4) is 5.75 Å². The summed E-state index contributed by atoms with van der Waals surface area (Å²) in [4.78, 5) is 11.1. The van der Waals surface area contributed by atoms with Crippen LogP contribution >= 0.6 is 0 Å². The number of aliphatic carboxylic acids is 1. The maximum absolute atomic E-state index is 13.2. The highest BCUT2D eigenvalue weighted by Crippen LogP contribution is 2.50. The van der Waals surface area contributed by atoms with Crippen molar-refractivity contribution < 1.29 is 19.0 Å². The second kappa shape index (κ2) is 5.54. The molecule has 1 aromatic carbocycles. The van der Waals surface area contributed by atoms with E-state index in [0.29, 0.717) is 12.2 Å². The quantitative estimate of drug-likeness (QED) is 0.841. The predicted molar refractivity (Wildman–Crippen MR) is 80.4 cm³/mol. The molecule has 0 aromatic heterocycles. The van der Waals surface area contributed by atoms with Crippen LogP contribution in [-0.4, -0.2) is 17.7 Å². The molecule has 0 saturated heterocycles. The standard InChI is InChI=1S/C17H22FNO3/c1-10(16(20)21)11-4-6-17(7-5-11)9-22-14-8-12(15(18)19)2-3-13(14)17/h2-3,8,10-11,15H,4-7,9,19H2,1H3,(H,20,21)/t10-,11-,15?,17-/m0/s1. The lowest BCUT2D eigenvalue weighted by atomic mass is 9.65. The Balaban J connectivity index is 1.78. The highest BCUT2D eigenvalue weighted by molar-refractivity contribution is 5.69. The van der Waals surface area contributed by atoms with E-state index in [0.717, 1.165) is 37.0 Å². The van der Waals surface area contributed by atoms with Crippen LogP contribution in [0.4, 0.5) is 4.39 Å². The van der Waals surface area contributed by atoms with Crippen LogP contribution in [0.3, 0.4) is 0 Å². The van der Waals surface area contributed by atoms with Crippen molar-refractivity contribution >= 4 is 5.97 Å². The monoisotopic (exact) mass is 307 g/mol. The smallest absolute Gasteiger partial charge is 0.306 e. The molecular weight excluding hydrogens is 285 g/mol. The molecule has 1 spiro atoms. The first kappa shape index (κ1) is 15.3. The van der Waals surface area contributed by atoms with Gasteiger partial charge in [-0.25, -0.2) is 4.39 Å². The van der Waals surface area contributed by atoms with Gasteiger partial charge in [0.25, 0.3) is 0 Å². The SMILES string of the molecule is C[C@H](C(=O)O)[C@H]1CC[C@]2(CC1)COc1cc(C(N)F)ccc12. The molecule has 0 bridgehead atoms. The van der Waals surface area contributed by atoms with Crippen LogP contribution in [0.15, 0.2) is 18.2 Å². The van der Waals surface area contributed by atoms with Gasteiger partial charge in [-0.3, -0.25) is 10.5 Å². The molecule has 120 valence electrons. The van der Waals surface area contributed by atoms with Gasteiger partial charge in [-0.05, 0) is 37.7 Å². The van der Waals surface area contributed by atoms with Crippen LogP contribution in [0.1, 0.15) is 50.0 Å². The van der Waals surface area contributed by atoms with Crippen molar-refractivity contribution in [2.75, 3.05) is 6.61 Å². The number of benzene rings is 1. The molecule has 2 atom stereocenters. The zero-order valence-electron chi connectivity index (χ0n) is 12.7. The van der Waals surface area contributed by atoms with Gasteiger partial charge in [0.05, 0.1) is 12.5 Å². The lowest BCUT2D eigenvalue weighted by Gasteiger charge is -2.37. The van der Waals surface area contributed by atoms with E-state index < -0.39 is 12.3 Å². The highest BCUT2D eigenvalue weighted by Gasteiger charge is 2.44. The van der Waals surface area contributed by atoms with E-state index in [1.807, 2.05) is 6.07 Å². The molecule has 1 saturated carbocycles. The summed E-state index contributed by atoms with van der Waals surface area (Å²) < 4.78 is 19.0. The van der Waals surface area contributed by atoms with Gasteiger partial charge in [0.2, 0.25) is 0 Å². The lowest BCUT2D eigenvalue weighted by Crippen LogP contribution is -2.36. The summed E-state index contributed by atoms with van der Waals surface area (Å²) in [6.45, 7) is 2.39. The molecule has 1 aromatic rings. The molecule has 0 radical (unpaired) electrons. The predicted octanol–water partition coefficient (Wildman–Crippen LogP) is 3.15. The second-order valence-corrected chi connectivity index (χ2v) is 6.69. The third kappa shape index (κ3) is 2.47. The second-order valence-electron chi connectivity index (χ2n) is 6.69. The molecule has 5 heteroatoms. The molecule has 3 N–H and O–H groups in total. The normalized spacial score (nSPS) is 29.7. The van der Waals surface area contributed by atoms with Crippen LogP contribution in [-0.2, 0) is 10.2 Å². The Labute approximate surface area is 129 Å². The molecular formula is C17H22FNO3. The third-order valence-electron chi connectivity index (χ3n) is 5.48. The van der Waals surface area contributed by atoms with Crippen LogP contribution < -0.4 is 10.5 Å². The fraction of sp³-hybridized carbons (Fsp3) is 0.588. The van der Waals surface area contributed by atoms with Crippen LogP contribution in [0.5, 0.6) is 5.75 Å². The lowest BCUT2D eigenvalue weighted by molar-refractivity contribution is -0.143. The Morgan fingerprint density at radius 1 is 1.45 bits per heavy atom. The number of hydrogen-bond donors (Lipinski definition) is 2. The fourth-order valence-corrected chi connectivity index (χ4v) is 3.87. The third-order valence-corrected chi connectivity index (χ3v) is 5.48. The average molecular weight is 307 g/mol. The van der Waals surface area contributed by atoms with E-state index in [9.17, 15) is 9.18 Å².